The lowest BCUT2D eigenvalue weighted by Crippen LogP contribution is -2.36. The largest absolute Gasteiger partial charge is 0.475 e. The first-order valence-electron chi connectivity index (χ1n) is 6.32. The molecule has 0 radical (unpaired) electrons. The Balaban J connectivity index is 2.12. The fourth-order valence-electron chi connectivity index (χ4n) is 2.58. The second-order valence-electron chi connectivity index (χ2n) is 4.52. The summed E-state index contributed by atoms with van der Waals surface area (Å²) < 4.78 is 5.38. The van der Waals surface area contributed by atoms with Crippen LogP contribution in [0.3, 0.4) is 0 Å². The van der Waals surface area contributed by atoms with Gasteiger partial charge in [-0.05, 0) is 25.8 Å². The zero-order valence-corrected chi connectivity index (χ0v) is 10.2. The lowest BCUT2D eigenvalue weighted by Gasteiger charge is -2.33. The van der Waals surface area contributed by atoms with E-state index in [0.29, 0.717) is 11.9 Å². The first kappa shape index (κ1) is 12.0. The van der Waals surface area contributed by atoms with Crippen molar-refractivity contribution in [3.63, 3.8) is 0 Å². The Labute approximate surface area is 101 Å². The van der Waals surface area contributed by atoms with E-state index in [2.05, 4.69) is 11.8 Å². The van der Waals surface area contributed by atoms with Gasteiger partial charge in [-0.2, -0.15) is 0 Å². The molecule has 1 aromatic rings. The minimum atomic E-state index is -1.00. The van der Waals surface area contributed by atoms with Gasteiger partial charge in [0.05, 0.1) is 0 Å². The molecule has 2 rings (SSSR count). The van der Waals surface area contributed by atoms with Crippen LogP contribution < -0.4 is 4.90 Å². The first-order valence-corrected chi connectivity index (χ1v) is 6.32. The van der Waals surface area contributed by atoms with Gasteiger partial charge in [-0.15, -0.1) is 0 Å². The number of carboxylic acid groups (broad SMARTS) is 1. The van der Waals surface area contributed by atoms with E-state index in [-0.39, 0.29) is 5.76 Å². The van der Waals surface area contributed by atoms with Gasteiger partial charge in [0.2, 0.25) is 5.76 Å². The predicted molar refractivity (Wildman–Crippen MR) is 65.6 cm³/mol. The molecule has 1 aliphatic rings. The van der Waals surface area contributed by atoms with Gasteiger partial charge in [0.25, 0.3) is 0 Å². The molecule has 0 atom stereocenters. The van der Waals surface area contributed by atoms with E-state index in [1.165, 1.54) is 38.2 Å². The third kappa shape index (κ3) is 2.62. The second kappa shape index (κ2) is 5.25. The Bertz CT molecular complexity index is 380. The monoisotopic (exact) mass is 237 g/mol. The highest BCUT2D eigenvalue weighted by Crippen LogP contribution is 2.28. The number of aromatic carboxylic acids is 1. The van der Waals surface area contributed by atoms with Gasteiger partial charge in [0.15, 0.2) is 5.88 Å². The van der Waals surface area contributed by atoms with Gasteiger partial charge >= 0.3 is 5.97 Å². The van der Waals surface area contributed by atoms with Gasteiger partial charge in [0.1, 0.15) is 0 Å². The molecular formula is C13H19NO3. The summed E-state index contributed by atoms with van der Waals surface area (Å²) in [6, 6.07) is 3.80. The van der Waals surface area contributed by atoms with Crippen LogP contribution in [-0.2, 0) is 0 Å². The number of hydrogen-bond acceptors (Lipinski definition) is 3. The van der Waals surface area contributed by atoms with E-state index in [0.717, 1.165) is 6.54 Å². The fourth-order valence-corrected chi connectivity index (χ4v) is 2.58. The topological polar surface area (TPSA) is 53.7 Å². The van der Waals surface area contributed by atoms with Gasteiger partial charge < -0.3 is 14.4 Å². The van der Waals surface area contributed by atoms with Crippen LogP contribution in [0.4, 0.5) is 5.88 Å². The Kier molecular flexibility index (Phi) is 3.71. The van der Waals surface area contributed by atoms with Gasteiger partial charge in [0, 0.05) is 18.7 Å². The van der Waals surface area contributed by atoms with Crippen LogP contribution in [0.2, 0.25) is 0 Å². The summed E-state index contributed by atoms with van der Waals surface area (Å²) in [4.78, 5) is 13.0. The predicted octanol–water partition coefficient (Wildman–Crippen LogP) is 3.14. The minimum Gasteiger partial charge on any atom is -0.475 e. The molecule has 1 saturated carbocycles. The molecule has 0 saturated heterocycles. The van der Waals surface area contributed by atoms with E-state index in [9.17, 15) is 4.79 Å². The minimum absolute atomic E-state index is 0.0225. The van der Waals surface area contributed by atoms with E-state index >= 15 is 0 Å². The average Bonchev–Trinajstić information content (AvgIpc) is 2.81. The summed E-state index contributed by atoms with van der Waals surface area (Å²) in [5.74, 6) is -0.290. The highest BCUT2D eigenvalue weighted by molar-refractivity contribution is 5.84. The normalized spacial score (nSPS) is 17.0. The Morgan fingerprint density at radius 1 is 1.41 bits per heavy atom. The summed E-state index contributed by atoms with van der Waals surface area (Å²) in [5.41, 5.74) is 0. The van der Waals surface area contributed by atoms with Crippen molar-refractivity contribution in [3.8, 4) is 0 Å². The zero-order chi connectivity index (χ0) is 12.3. The van der Waals surface area contributed by atoms with Crippen molar-refractivity contribution in [2.24, 2.45) is 0 Å². The molecule has 0 amide bonds. The molecule has 4 nitrogen and oxygen atoms in total. The maximum atomic E-state index is 10.8. The maximum absolute atomic E-state index is 10.8. The summed E-state index contributed by atoms with van der Waals surface area (Å²) >= 11 is 0. The van der Waals surface area contributed by atoms with E-state index < -0.39 is 5.97 Å². The van der Waals surface area contributed by atoms with Crippen molar-refractivity contribution in [2.75, 3.05) is 11.4 Å². The van der Waals surface area contributed by atoms with Crippen LogP contribution in [0, 0.1) is 0 Å². The number of furan rings is 1. The summed E-state index contributed by atoms with van der Waals surface area (Å²) in [7, 11) is 0. The second-order valence-corrected chi connectivity index (χ2v) is 4.52. The average molecular weight is 237 g/mol. The summed E-state index contributed by atoms with van der Waals surface area (Å²) in [5, 5.41) is 8.85. The summed E-state index contributed by atoms with van der Waals surface area (Å²) in [6.07, 6.45) is 6.18. The number of rotatable bonds is 4. The molecule has 1 fully saturated rings. The molecule has 94 valence electrons. The molecule has 0 unspecified atom stereocenters. The molecular weight excluding hydrogens is 218 g/mol. The van der Waals surface area contributed by atoms with E-state index in [1.54, 1.807) is 6.07 Å². The highest BCUT2D eigenvalue weighted by atomic mass is 16.4. The van der Waals surface area contributed by atoms with Crippen LogP contribution in [0.5, 0.6) is 0 Å². The van der Waals surface area contributed by atoms with Crippen molar-refractivity contribution in [1.82, 2.24) is 0 Å². The van der Waals surface area contributed by atoms with Crippen molar-refractivity contribution >= 4 is 11.9 Å². The lowest BCUT2D eigenvalue weighted by molar-refractivity contribution is 0.0663. The number of nitrogens with zero attached hydrogens (tertiary/aromatic N) is 1. The molecule has 4 heteroatoms. The molecule has 0 aromatic carbocycles. The lowest BCUT2D eigenvalue weighted by atomic mass is 9.94. The van der Waals surface area contributed by atoms with Gasteiger partial charge in [-0.3, -0.25) is 0 Å². The third-order valence-electron chi connectivity index (χ3n) is 3.44. The molecule has 1 aromatic heterocycles. The van der Waals surface area contributed by atoms with Crippen LogP contribution in [0.25, 0.3) is 0 Å². The molecule has 1 heterocycles. The number of hydrogen-bond donors (Lipinski definition) is 1. The van der Waals surface area contributed by atoms with Crippen LogP contribution >= 0.6 is 0 Å². The van der Waals surface area contributed by atoms with Crippen molar-refractivity contribution < 1.29 is 14.3 Å². The highest BCUT2D eigenvalue weighted by Gasteiger charge is 2.23. The molecule has 0 aliphatic heterocycles. The van der Waals surface area contributed by atoms with Crippen LogP contribution in [0.1, 0.15) is 49.6 Å². The van der Waals surface area contributed by atoms with Gasteiger partial charge in [-0.25, -0.2) is 4.79 Å². The number of carboxylic acids is 1. The SMILES string of the molecule is CCN(c1ccc(C(=O)O)o1)C1CCCCC1. The Morgan fingerprint density at radius 3 is 2.65 bits per heavy atom. The molecule has 1 N–H and O–H groups in total. The van der Waals surface area contributed by atoms with Crippen molar-refractivity contribution in [3.05, 3.63) is 17.9 Å². The quantitative estimate of drug-likeness (QED) is 0.874. The zero-order valence-electron chi connectivity index (χ0n) is 10.2. The molecule has 17 heavy (non-hydrogen) atoms. The summed E-state index contributed by atoms with van der Waals surface area (Å²) in [6.45, 7) is 2.94. The van der Waals surface area contributed by atoms with Crippen molar-refractivity contribution in [1.29, 1.82) is 0 Å². The van der Waals surface area contributed by atoms with E-state index in [4.69, 9.17) is 9.52 Å². The Morgan fingerprint density at radius 2 is 2.12 bits per heavy atom. The number of carbonyl (C=O) groups is 1. The fraction of sp³-hybridized carbons (Fsp3) is 0.615. The van der Waals surface area contributed by atoms with Crippen LogP contribution in [0.15, 0.2) is 16.5 Å². The maximum Gasteiger partial charge on any atom is 0.371 e. The van der Waals surface area contributed by atoms with Crippen molar-refractivity contribution in [2.45, 2.75) is 45.1 Å². The number of anilines is 1. The van der Waals surface area contributed by atoms with Crippen LogP contribution in [-0.4, -0.2) is 23.7 Å². The molecule has 1 aliphatic carbocycles. The molecule has 0 bridgehead atoms. The third-order valence-corrected chi connectivity index (χ3v) is 3.44. The van der Waals surface area contributed by atoms with Gasteiger partial charge in [-0.1, -0.05) is 19.3 Å². The standard InChI is InChI=1S/C13H19NO3/c1-2-14(10-6-4-3-5-7-10)12-9-8-11(17-12)13(15)16/h8-10H,2-7H2,1H3,(H,15,16). The smallest absolute Gasteiger partial charge is 0.371 e. The Hall–Kier alpha value is -1.45. The van der Waals surface area contributed by atoms with E-state index in [1.807, 2.05) is 0 Å². The first-order chi connectivity index (χ1) is 8.22. The molecule has 0 spiro atoms.